The molecule has 0 radical (unpaired) electrons. The van der Waals surface area contributed by atoms with E-state index in [1.165, 1.54) is 90.7 Å². The molecule has 1 aliphatic carbocycles. The number of carboxylic acid groups (broad SMARTS) is 2. The smallest absolute Gasteiger partial charge is 0.416 e. The number of fused-ring (bicyclic) bond motifs is 5. The van der Waals surface area contributed by atoms with Crippen LogP contribution in [0.25, 0.3) is 0 Å². The number of nitrogens with zero attached hydrogens (tertiary/aromatic N) is 5. The third-order valence-electron chi connectivity index (χ3n) is 23.7. The Hall–Kier alpha value is -12.4. The van der Waals surface area contributed by atoms with Gasteiger partial charge in [0.2, 0.25) is 18.5 Å². The highest BCUT2D eigenvalue weighted by Crippen LogP contribution is 2.57. The van der Waals surface area contributed by atoms with Gasteiger partial charge in [0.1, 0.15) is 66.9 Å². The summed E-state index contributed by atoms with van der Waals surface area (Å²) in [5, 5.41) is 115. The number of carbonyl (C=O) groups is 11. The molecule has 0 bridgehead atoms. The molecule has 45 heteroatoms. The van der Waals surface area contributed by atoms with Crippen molar-refractivity contribution in [3.63, 3.8) is 0 Å². The molecule has 13 N–H and O–H groups in total. The quantitative estimate of drug-likeness (QED) is 0.0152. The van der Waals surface area contributed by atoms with Crippen molar-refractivity contribution >= 4 is 82.9 Å². The Kier molecular flexibility index (Phi) is 33.8. The van der Waals surface area contributed by atoms with Crippen LogP contribution in [0.1, 0.15) is 115 Å². The summed E-state index contributed by atoms with van der Waals surface area (Å²) in [5.41, 5.74) is 0.868. The second-order valence-corrected chi connectivity index (χ2v) is 34.3. The number of ether oxygens (including phenoxy) is 16. The van der Waals surface area contributed by atoms with Crippen LogP contribution < -0.4 is 54.2 Å². The number of hydrogen-bond donors (Lipinski definition) is 13. The van der Waals surface area contributed by atoms with Crippen LogP contribution in [-0.4, -0.2) is 336 Å². The van der Waals surface area contributed by atoms with Gasteiger partial charge in [-0.1, -0.05) is 42.5 Å². The molecular weight excluding hydrogens is 1800 g/mol. The molecule has 7 aliphatic heterocycles. The first-order valence-corrected chi connectivity index (χ1v) is 44.2. The highest BCUT2D eigenvalue weighted by molar-refractivity contribution is 6.13. The zero-order chi connectivity index (χ0) is 97.4. The third-order valence-corrected chi connectivity index (χ3v) is 23.7. The van der Waals surface area contributed by atoms with Crippen molar-refractivity contribution in [2.45, 2.75) is 196 Å². The molecule has 15 atom stereocenters. The fraction of sp³-hybridized carbons (Fsp3) is 0.527. The van der Waals surface area contributed by atoms with Crippen molar-refractivity contribution in [2.75, 3.05) is 122 Å². The van der Waals surface area contributed by atoms with Crippen molar-refractivity contribution < 1.29 is 180 Å². The first-order valence-electron chi connectivity index (χ1n) is 44.2. The molecule has 5 aromatic rings. The number of anilines is 3. The number of methoxy groups -OCH3 is 2. The van der Waals surface area contributed by atoms with Gasteiger partial charge in [-0.2, -0.15) is 0 Å². The van der Waals surface area contributed by atoms with Crippen molar-refractivity contribution in [3.05, 3.63) is 137 Å². The van der Waals surface area contributed by atoms with Gasteiger partial charge in [-0.25, -0.2) is 38.6 Å². The first-order chi connectivity index (χ1) is 65.1. The van der Waals surface area contributed by atoms with Crippen LogP contribution in [0.5, 0.6) is 34.5 Å². The predicted octanol–water partition coefficient (Wildman–Crippen LogP) is 2.72. The minimum atomic E-state index is -2.07. The van der Waals surface area contributed by atoms with Gasteiger partial charge in [-0.3, -0.25) is 28.9 Å². The lowest BCUT2D eigenvalue weighted by Crippen LogP contribution is -2.61. The molecule has 13 rings (SSSR count). The summed E-state index contributed by atoms with van der Waals surface area (Å²) in [6.07, 6.45) is -21.2. The zero-order valence-electron chi connectivity index (χ0n) is 75.1. The van der Waals surface area contributed by atoms with E-state index in [-0.39, 0.29) is 192 Å². The zero-order valence-corrected chi connectivity index (χ0v) is 75.1. The number of unbranched alkanes of at least 4 members (excludes halogenated alkanes) is 2. The molecule has 4 fully saturated rings. The molecule has 1 saturated carbocycles. The third kappa shape index (κ3) is 24.7. The normalized spacial score (nSPS) is 23.8. The van der Waals surface area contributed by atoms with Crippen LogP contribution in [0.15, 0.2) is 103 Å². The van der Waals surface area contributed by atoms with Crippen molar-refractivity contribution in [3.8, 4) is 34.5 Å². The Morgan fingerprint density at radius 3 is 1.60 bits per heavy atom. The molecule has 136 heavy (non-hydrogen) atoms. The molecule has 3 saturated heterocycles. The van der Waals surface area contributed by atoms with E-state index in [0.29, 0.717) is 37.8 Å². The fourth-order valence-corrected chi connectivity index (χ4v) is 16.5. The van der Waals surface area contributed by atoms with E-state index >= 15 is 0 Å². The van der Waals surface area contributed by atoms with E-state index in [9.17, 15) is 104 Å². The standard InChI is InChI=1S/C91H112N8O37/c1-90(2,3)136-87(118)93-44-53(97-68(101)19-20-69(97)102)21-29-129-86(117)92-25-30-124-32-34-126-36-35-125-33-31-123-28-22-67(100)94-57-37-50(15-18-62(57)133-85-75(108)71(104)73(106)77(135-85)83(115)116)47-131-89(120)99-59-42-66(64(122-5)40-56(59)79(110)96-48-91(23-24-91)43-61(96)81(99)112)128-27-10-6-9-26-127-65-41-58-55(39-63(65)121-4)78(109)95-45-52-12-8-7-11-51(52)38-60(95)80(111)98(58)88(119)130-46-49-13-16-54(17-14-49)132-84-74(107)70(103)72(105)76(134-84)82(113)114/h7-8,11-20,37,39-42,53,60-61,70-77,80-81,84-85,103-108,111-112H,6,9-10,21-36,38,43-48H2,1-5H3,(H,92,117)(H,93,118)(H,94,100)(H,113,114)(H,115,116)/t53-,60+,61+,70+,71+,72+,73+,74-,75-,76+,77+,80+,81+,84-,85-/m1/s1. The number of hydrogen-bond acceptors (Lipinski definition) is 35. The van der Waals surface area contributed by atoms with Crippen LogP contribution in [0.4, 0.5) is 36.2 Å². The van der Waals surface area contributed by atoms with Gasteiger partial charge in [-0.15, -0.1) is 0 Å². The lowest BCUT2D eigenvalue weighted by molar-refractivity contribution is -0.271. The Bertz CT molecular complexity index is 5130. The lowest BCUT2D eigenvalue weighted by atomic mass is 9.93. The number of amides is 9. The van der Waals surface area contributed by atoms with Gasteiger partial charge in [0.15, 0.2) is 47.7 Å². The van der Waals surface area contributed by atoms with Crippen LogP contribution in [-0.2, 0) is 97.5 Å². The average molecular weight is 1910 g/mol. The lowest BCUT2D eigenvalue weighted by Gasteiger charge is -2.39. The van der Waals surface area contributed by atoms with Crippen molar-refractivity contribution in [1.82, 2.24) is 25.3 Å². The average Bonchev–Trinajstić information content (AvgIpc) is 1.59. The van der Waals surface area contributed by atoms with E-state index < -0.39 is 170 Å². The minimum absolute atomic E-state index is 0.0158. The maximum atomic E-state index is 14.9. The van der Waals surface area contributed by atoms with Crippen LogP contribution in [0, 0.1) is 5.41 Å². The maximum Gasteiger partial charge on any atom is 0.416 e. The molecule has 45 nitrogen and oxygen atoms in total. The van der Waals surface area contributed by atoms with E-state index in [1.54, 1.807) is 20.8 Å². The Morgan fingerprint density at radius 2 is 1.04 bits per heavy atom. The molecule has 9 amide bonds. The van der Waals surface area contributed by atoms with Gasteiger partial charge in [0.25, 0.3) is 23.6 Å². The second-order valence-electron chi connectivity index (χ2n) is 34.3. The molecular formula is C91H112N8O37. The summed E-state index contributed by atoms with van der Waals surface area (Å²) in [6.45, 7) is 5.11. The number of carboxylic acids is 2. The second kappa shape index (κ2) is 45.5. The number of aliphatic hydroxyl groups is 8. The molecule has 7 heterocycles. The Labute approximate surface area is 778 Å². The highest BCUT2D eigenvalue weighted by atomic mass is 16.7. The SMILES string of the molecule is COc1cc2c(cc1OCCCCCOc1cc3c(cc1OC)C(=O)N1CC4(CC4)C[C@H]1[C@H](O)N3C(=O)OCc1ccc(O[C@@H]3O[C@H](C(=O)O)[C@@H](O)[C@H](O)[C@H]3O)c(NC(=O)CCOCCOCCOCCOCCNC(=O)OCC[C@H](CNC(=O)OC(C)(C)C)N3C(=O)C=CC3=O)c1)N(C(=O)OCc1ccc(O[C@@H]3O[C@H](C(=O)O)[C@@H](O)[C@H](O)[C@H]3O)cc1)[C@@H](O)[C@@H]1Cc3ccccc3CN1C2=O. The van der Waals surface area contributed by atoms with Gasteiger partial charge in [0.05, 0.1) is 140 Å². The van der Waals surface area contributed by atoms with Gasteiger partial charge < -0.3 is 153 Å². The number of imide groups is 1. The van der Waals surface area contributed by atoms with E-state index in [2.05, 4.69) is 16.0 Å². The predicted molar refractivity (Wildman–Crippen MR) is 465 cm³/mol. The molecule has 0 unspecified atom stereocenters. The number of carbonyl (C=O) groups excluding carboxylic acids is 9. The Balaban J connectivity index is 0.597. The van der Waals surface area contributed by atoms with Crippen LogP contribution >= 0.6 is 0 Å². The maximum absolute atomic E-state index is 14.9. The number of benzene rings is 5. The number of aliphatic carboxylic acids is 2. The van der Waals surface area contributed by atoms with Crippen LogP contribution in [0.2, 0.25) is 0 Å². The summed E-state index contributed by atoms with van der Waals surface area (Å²) in [7, 11) is 2.74. The number of rotatable bonds is 42. The summed E-state index contributed by atoms with van der Waals surface area (Å²) in [6, 6.07) is 20.1. The molecule has 0 aromatic heterocycles. The van der Waals surface area contributed by atoms with E-state index in [0.717, 1.165) is 50.8 Å². The first kappa shape index (κ1) is 101. The van der Waals surface area contributed by atoms with E-state index in [4.69, 9.17) is 75.8 Å². The van der Waals surface area contributed by atoms with Crippen LogP contribution in [0.3, 0.4) is 0 Å². The molecule has 1 spiro atoms. The summed E-state index contributed by atoms with van der Waals surface area (Å²) >= 11 is 0. The summed E-state index contributed by atoms with van der Waals surface area (Å²) < 4.78 is 90.9. The number of aliphatic hydroxyl groups excluding tert-OH is 8. The minimum Gasteiger partial charge on any atom is -0.493 e. The number of alkyl carbamates (subject to hydrolysis) is 2. The fourth-order valence-electron chi connectivity index (χ4n) is 16.5. The van der Waals surface area contributed by atoms with Gasteiger partial charge in [-0.05, 0) is 130 Å². The largest absolute Gasteiger partial charge is 0.493 e. The molecule has 5 aromatic carbocycles. The topological polar surface area (TPSA) is 590 Å². The molecule has 738 valence electrons. The van der Waals surface area contributed by atoms with Gasteiger partial charge >= 0.3 is 36.3 Å². The number of nitrogens with one attached hydrogen (secondary N) is 3. The van der Waals surface area contributed by atoms with Gasteiger partial charge in [0, 0.05) is 56.9 Å². The van der Waals surface area contributed by atoms with Crippen molar-refractivity contribution in [2.24, 2.45) is 5.41 Å². The molecule has 8 aliphatic rings. The Morgan fingerprint density at radius 1 is 0.522 bits per heavy atom. The summed E-state index contributed by atoms with van der Waals surface area (Å²) in [5.74, 6) is -5.92. The monoisotopic (exact) mass is 1910 g/mol. The van der Waals surface area contributed by atoms with Crippen molar-refractivity contribution in [1.29, 1.82) is 0 Å². The highest BCUT2D eigenvalue weighted by Gasteiger charge is 2.59. The van der Waals surface area contributed by atoms with E-state index in [1.807, 2.05) is 24.3 Å². The summed E-state index contributed by atoms with van der Waals surface area (Å²) in [4.78, 5) is 152.